The van der Waals surface area contributed by atoms with Gasteiger partial charge in [-0.3, -0.25) is 0 Å². The van der Waals surface area contributed by atoms with Crippen molar-refractivity contribution in [2.45, 2.75) is 33.4 Å². The highest BCUT2D eigenvalue weighted by atomic mass is 32.3. The summed E-state index contributed by atoms with van der Waals surface area (Å²) in [4.78, 5) is 0. The van der Waals surface area contributed by atoms with Crippen molar-refractivity contribution in [3.63, 3.8) is 0 Å². The fraction of sp³-hybridized carbons (Fsp3) is 0.179. The van der Waals surface area contributed by atoms with E-state index in [0.717, 1.165) is 5.57 Å². The molecule has 0 atom stereocenters. The van der Waals surface area contributed by atoms with Crippen LogP contribution in [0.2, 0.25) is 0 Å². The number of aromatic nitrogens is 2. The van der Waals surface area contributed by atoms with Gasteiger partial charge in [0.15, 0.2) is 0 Å². The summed E-state index contributed by atoms with van der Waals surface area (Å²) in [7, 11) is 1.49. The zero-order valence-corrected chi connectivity index (χ0v) is 27.6. The van der Waals surface area contributed by atoms with Crippen LogP contribution in [0.1, 0.15) is 32.9 Å². The molecule has 0 bridgehead atoms. The number of nitrogens with zero attached hydrogens (tertiary/aromatic N) is 2. The number of fused-ring (bicyclic) bond motifs is 2. The number of hydrogen-bond donors (Lipinski definition) is 0. The summed E-state index contributed by atoms with van der Waals surface area (Å²) in [5.74, 6) is 0.498. The number of ether oxygens (including phenoxy) is 1. The topological polar surface area (TPSA) is 19.1 Å². The van der Waals surface area contributed by atoms with E-state index in [2.05, 4.69) is 20.8 Å². The van der Waals surface area contributed by atoms with Crippen LogP contribution in [0.25, 0.3) is 44.8 Å². The Labute approximate surface area is 277 Å². The molecule has 3 nitrogen and oxygen atoms in total. The molecule has 2 aromatic heterocycles. The molecule has 0 amide bonds. The van der Waals surface area contributed by atoms with E-state index in [-0.39, 0.29) is 27.6 Å². The molecule has 1 aliphatic heterocycles. The second-order valence-corrected chi connectivity index (χ2v) is 14.5. The van der Waals surface area contributed by atoms with Crippen LogP contribution in [-0.2, 0) is 0 Å². The molecule has 3 aromatic carbocycles. The molecule has 7 rings (SSSR count). The molecular formula is C39H33F5N2OS. The fourth-order valence-electron chi connectivity index (χ4n) is 6.53. The Balaban J connectivity index is 1.68. The van der Waals surface area contributed by atoms with E-state index >= 15 is 20.9 Å². The monoisotopic (exact) mass is 672 g/mol. The Kier molecular flexibility index (Phi) is 7.58. The Hall–Kier alpha value is -4.76. The minimum absolute atomic E-state index is 0.000970. The average molecular weight is 673 g/mol. The Morgan fingerprint density at radius 3 is 1.79 bits per heavy atom. The third kappa shape index (κ3) is 5.21. The van der Waals surface area contributed by atoms with Crippen LogP contribution in [0.4, 0.5) is 20.9 Å². The number of alkyl halides is 3. The lowest BCUT2D eigenvalue weighted by Crippen LogP contribution is -2.42. The van der Waals surface area contributed by atoms with Gasteiger partial charge in [-0.05, 0) is 63.9 Å². The van der Waals surface area contributed by atoms with Gasteiger partial charge in [-0.2, -0.15) is 13.2 Å². The summed E-state index contributed by atoms with van der Waals surface area (Å²) in [6, 6.07) is 26.3. The summed E-state index contributed by atoms with van der Waals surface area (Å²) in [6.45, 7) is 6.17. The van der Waals surface area contributed by atoms with Crippen molar-refractivity contribution in [2.24, 2.45) is 5.41 Å². The molecule has 3 heterocycles. The normalized spacial score (nSPS) is 17.4. The van der Waals surface area contributed by atoms with Crippen molar-refractivity contribution < 1.29 is 25.7 Å². The van der Waals surface area contributed by atoms with Gasteiger partial charge < -0.3 is 4.74 Å². The van der Waals surface area contributed by atoms with Crippen molar-refractivity contribution in [2.75, 3.05) is 7.11 Å². The summed E-state index contributed by atoms with van der Waals surface area (Å²) >= 11 is -5.17. The molecule has 5 aromatic rings. The van der Waals surface area contributed by atoms with Crippen LogP contribution in [0.5, 0.6) is 5.75 Å². The average Bonchev–Trinajstić information content (AvgIpc) is 3.66. The summed E-state index contributed by atoms with van der Waals surface area (Å²) in [6.07, 6.45) is 0.945. The van der Waals surface area contributed by atoms with Gasteiger partial charge in [0.05, 0.1) is 29.5 Å². The van der Waals surface area contributed by atoms with E-state index in [4.69, 9.17) is 4.74 Å². The maximum Gasteiger partial charge on any atom is 0.420 e. The fourth-order valence-corrected chi connectivity index (χ4v) is 8.31. The summed E-state index contributed by atoms with van der Waals surface area (Å²) in [5.41, 5.74) is 0.982. The molecule has 246 valence electrons. The van der Waals surface area contributed by atoms with Gasteiger partial charge in [0.1, 0.15) is 11.3 Å². The van der Waals surface area contributed by atoms with Gasteiger partial charge in [-0.1, -0.05) is 112 Å². The third-order valence-corrected chi connectivity index (χ3v) is 10.5. The first-order valence-corrected chi connectivity index (χ1v) is 16.9. The molecule has 0 radical (unpaired) electrons. The Bertz CT molecular complexity index is 2220. The first kappa shape index (κ1) is 31.8. The van der Waals surface area contributed by atoms with E-state index < -0.39 is 34.0 Å². The maximum absolute atomic E-state index is 17.7. The lowest BCUT2D eigenvalue weighted by molar-refractivity contribution is -0.0700. The SMILES string of the molecule is COc1ccc(-c2cc(-c3ccccc3)n3c2C(C(F)(F)F)=c2c(=C4C=CC(C(C)(C)C)=CC4)cc(-c4ccccc4)n2S3(F)F)cc1. The van der Waals surface area contributed by atoms with Gasteiger partial charge in [0.25, 0.3) is 0 Å². The summed E-state index contributed by atoms with van der Waals surface area (Å²) in [5, 5.41) is -0.378. The predicted octanol–water partition coefficient (Wildman–Crippen LogP) is 10.3. The van der Waals surface area contributed by atoms with E-state index in [1.165, 1.54) is 19.2 Å². The Morgan fingerprint density at radius 1 is 0.708 bits per heavy atom. The van der Waals surface area contributed by atoms with Crippen LogP contribution in [0.15, 0.2) is 121 Å². The van der Waals surface area contributed by atoms with Crippen LogP contribution < -0.4 is 15.3 Å². The number of rotatable bonds is 4. The molecule has 0 unspecified atom stereocenters. The van der Waals surface area contributed by atoms with Crippen molar-refractivity contribution in [1.29, 1.82) is 0 Å². The van der Waals surface area contributed by atoms with Gasteiger partial charge in [-0.25, -0.2) is 7.94 Å². The molecule has 0 N–H and O–H groups in total. The zero-order valence-electron chi connectivity index (χ0n) is 26.8. The first-order chi connectivity index (χ1) is 22.8. The third-order valence-electron chi connectivity index (χ3n) is 8.87. The molecule has 0 saturated heterocycles. The quantitative estimate of drug-likeness (QED) is 0.174. The molecular weight excluding hydrogens is 639 g/mol. The van der Waals surface area contributed by atoms with Crippen molar-refractivity contribution in [3.8, 4) is 39.4 Å². The molecule has 2 aliphatic rings. The van der Waals surface area contributed by atoms with Crippen molar-refractivity contribution >= 4 is 22.3 Å². The van der Waals surface area contributed by atoms with Gasteiger partial charge in [0.2, 0.25) is 11.2 Å². The van der Waals surface area contributed by atoms with Crippen LogP contribution in [-0.4, -0.2) is 21.2 Å². The Morgan fingerprint density at radius 2 is 1.29 bits per heavy atom. The van der Waals surface area contributed by atoms with Crippen LogP contribution in [0.3, 0.4) is 0 Å². The van der Waals surface area contributed by atoms with Gasteiger partial charge in [0, 0.05) is 10.8 Å². The van der Waals surface area contributed by atoms with E-state index in [1.54, 1.807) is 91.0 Å². The van der Waals surface area contributed by atoms with Crippen LogP contribution >= 0.6 is 11.2 Å². The highest BCUT2D eigenvalue weighted by Gasteiger charge is 2.49. The number of allylic oxidation sites excluding steroid dienone is 4. The first-order valence-electron chi connectivity index (χ1n) is 15.5. The van der Waals surface area contributed by atoms with E-state index in [0.29, 0.717) is 42.4 Å². The minimum atomic E-state index is -5.17. The smallest absolute Gasteiger partial charge is 0.420 e. The highest BCUT2D eigenvalue weighted by Crippen LogP contribution is 2.62. The van der Waals surface area contributed by atoms with Crippen molar-refractivity contribution in [3.05, 3.63) is 137 Å². The minimum Gasteiger partial charge on any atom is -0.497 e. The highest BCUT2D eigenvalue weighted by molar-refractivity contribution is 8.22. The number of benzene rings is 3. The number of hydrogen-bond acceptors (Lipinski definition) is 1. The standard InChI is InChI=1S/C39H33F5N2OS/c1-38(2,3)29-19-15-25(16-20-29)31-23-33(27-11-7-5-8-12-27)45-36(31)35(39(40,41)42)37-32(26-17-21-30(47-4)22-18-26)24-34(46(37)48(45,43)44)28-13-9-6-10-14-28/h5-15,17-24H,16H2,1-4H3. The molecule has 9 heteroatoms. The lowest BCUT2D eigenvalue weighted by Gasteiger charge is -2.35. The lowest BCUT2D eigenvalue weighted by atomic mass is 9.82. The predicted molar refractivity (Wildman–Crippen MR) is 185 cm³/mol. The second-order valence-electron chi connectivity index (χ2n) is 12.9. The molecule has 1 aliphatic carbocycles. The van der Waals surface area contributed by atoms with Crippen LogP contribution in [0, 0.1) is 5.41 Å². The van der Waals surface area contributed by atoms with E-state index in [9.17, 15) is 0 Å². The zero-order chi connectivity index (χ0) is 34.0. The van der Waals surface area contributed by atoms with Crippen molar-refractivity contribution in [1.82, 2.24) is 7.94 Å². The second kappa shape index (κ2) is 11.4. The molecule has 0 spiro atoms. The molecule has 0 saturated carbocycles. The molecule has 0 fully saturated rings. The van der Waals surface area contributed by atoms with Gasteiger partial charge in [-0.15, -0.1) is 7.77 Å². The maximum atomic E-state index is 17.7. The molecule has 48 heavy (non-hydrogen) atoms. The summed E-state index contributed by atoms with van der Waals surface area (Å²) < 4.78 is 89.3. The van der Waals surface area contributed by atoms with E-state index in [1.807, 2.05) is 12.2 Å². The van der Waals surface area contributed by atoms with Gasteiger partial charge >= 0.3 is 6.18 Å². The largest absolute Gasteiger partial charge is 0.497 e. The number of methoxy groups -OCH3 is 1. The number of halogens is 5.